The minimum atomic E-state index is 0. The number of hydrogen-bond donors (Lipinski definition) is 1. The third-order valence-corrected chi connectivity index (χ3v) is 4.50. The summed E-state index contributed by atoms with van der Waals surface area (Å²) < 4.78 is 0. The molecule has 0 spiro atoms. The zero-order valence-corrected chi connectivity index (χ0v) is 17.3. The second-order valence-corrected chi connectivity index (χ2v) is 6.38. The minimum Gasteiger partial charge on any atom is -0.368 e. The smallest absolute Gasteiger partial charge is 0.194 e. The molecule has 0 aliphatic carbocycles. The van der Waals surface area contributed by atoms with Crippen molar-refractivity contribution in [2.75, 3.05) is 56.2 Å². The molecule has 1 aliphatic rings. The van der Waals surface area contributed by atoms with Crippen molar-refractivity contribution in [3.63, 3.8) is 0 Å². The molecule has 4 nitrogen and oxygen atoms in total. The van der Waals surface area contributed by atoms with Gasteiger partial charge < -0.3 is 15.1 Å². The van der Waals surface area contributed by atoms with Crippen LogP contribution in [0.2, 0.25) is 0 Å². The van der Waals surface area contributed by atoms with Crippen LogP contribution in [0.15, 0.2) is 35.3 Å². The van der Waals surface area contributed by atoms with Crippen molar-refractivity contribution in [1.82, 2.24) is 10.2 Å². The Morgan fingerprint density at radius 1 is 1.17 bits per heavy atom. The molecule has 130 valence electrons. The zero-order chi connectivity index (χ0) is 15.6. The normalized spacial score (nSPS) is 15.3. The largest absolute Gasteiger partial charge is 0.368 e. The summed E-state index contributed by atoms with van der Waals surface area (Å²) in [4.78, 5) is 9.62. The first kappa shape index (κ1) is 20.4. The number of piperazine rings is 1. The van der Waals surface area contributed by atoms with Crippen LogP contribution in [0.3, 0.4) is 0 Å². The number of para-hydroxylation sites is 1. The quantitative estimate of drug-likeness (QED) is 0.314. The van der Waals surface area contributed by atoms with Crippen LogP contribution in [0.25, 0.3) is 0 Å². The number of hydrogen-bond acceptors (Lipinski definition) is 3. The lowest BCUT2D eigenvalue weighted by molar-refractivity contribution is 0.372. The molecule has 1 aliphatic heterocycles. The summed E-state index contributed by atoms with van der Waals surface area (Å²) in [5, 5.41) is 3.43. The summed E-state index contributed by atoms with van der Waals surface area (Å²) in [5.41, 5.74) is 1.32. The van der Waals surface area contributed by atoms with Crippen molar-refractivity contribution >= 4 is 47.4 Å². The van der Waals surface area contributed by atoms with Gasteiger partial charge in [0.2, 0.25) is 0 Å². The van der Waals surface area contributed by atoms with Crippen LogP contribution in [0, 0.1) is 0 Å². The Morgan fingerprint density at radius 3 is 2.48 bits per heavy atom. The Bertz CT molecular complexity index is 447. The van der Waals surface area contributed by atoms with Gasteiger partial charge in [0, 0.05) is 45.0 Å². The highest BCUT2D eigenvalue weighted by molar-refractivity contribution is 14.0. The van der Waals surface area contributed by atoms with Crippen LogP contribution in [0.4, 0.5) is 5.69 Å². The maximum atomic E-state index is 4.77. The molecule has 0 atom stereocenters. The lowest BCUT2D eigenvalue weighted by atomic mass is 10.2. The highest BCUT2D eigenvalue weighted by Crippen LogP contribution is 2.15. The molecule has 2 rings (SSSR count). The molecule has 6 heteroatoms. The Morgan fingerprint density at radius 2 is 1.87 bits per heavy atom. The second kappa shape index (κ2) is 11.8. The number of rotatable bonds is 6. The molecule has 0 bridgehead atoms. The van der Waals surface area contributed by atoms with E-state index in [0.717, 1.165) is 51.6 Å². The van der Waals surface area contributed by atoms with Gasteiger partial charge in [-0.25, -0.2) is 0 Å². The molecule has 1 saturated heterocycles. The van der Waals surface area contributed by atoms with Crippen LogP contribution < -0.4 is 10.2 Å². The van der Waals surface area contributed by atoms with Gasteiger partial charge in [-0.1, -0.05) is 18.2 Å². The first-order chi connectivity index (χ1) is 10.8. The fraction of sp³-hybridized carbons (Fsp3) is 0.588. The Labute approximate surface area is 162 Å². The van der Waals surface area contributed by atoms with Crippen LogP contribution >= 0.6 is 35.7 Å². The number of nitrogens with zero attached hydrogens (tertiary/aromatic N) is 3. The van der Waals surface area contributed by atoms with E-state index < -0.39 is 0 Å². The van der Waals surface area contributed by atoms with Crippen molar-refractivity contribution in [2.24, 2.45) is 4.99 Å². The molecule has 0 radical (unpaired) electrons. The van der Waals surface area contributed by atoms with Gasteiger partial charge in [-0.05, 0) is 37.5 Å². The Hall–Kier alpha value is -0.630. The first-order valence-corrected chi connectivity index (χ1v) is 9.56. The van der Waals surface area contributed by atoms with E-state index in [4.69, 9.17) is 4.99 Å². The Balaban J connectivity index is 0.00000264. The average Bonchev–Trinajstić information content (AvgIpc) is 2.59. The van der Waals surface area contributed by atoms with Crippen LogP contribution in [-0.4, -0.2) is 62.1 Å². The number of aliphatic imine (C=N–C) groups is 1. The van der Waals surface area contributed by atoms with Gasteiger partial charge >= 0.3 is 0 Å². The lowest BCUT2D eigenvalue weighted by Gasteiger charge is -2.37. The number of guanidine groups is 1. The van der Waals surface area contributed by atoms with E-state index in [2.05, 4.69) is 58.6 Å². The monoisotopic (exact) mass is 448 g/mol. The molecule has 0 aromatic heterocycles. The van der Waals surface area contributed by atoms with Crippen LogP contribution in [0.5, 0.6) is 0 Å². The van der Waals surface area contributed by atoms with Gasteiger partial charge in [-0.2, -0.15) is 11.8 Å². The molecule has 1 aromatic carbocycles. The molecule has 0 unspecified atom stereocenters. The predicted octanol–water partition coefficient (Wildman–Crippen LogP) is 3.15. The van der Waals surface area contributed by atoms with Crippen molar-refractivity contribution in [3.8, 4) is 0 Å². The molecule has 1 aromatic rings. The van der Waals surface area contributed by atoms with Gasteiger partial charge in [0.1, 0.15) is 0 Å². The average molecular weight is 448 g/mol. The topological polar surface area (TPSA) is 30.9 Å². The fourth-order valence-electron chi connectivity index (χ4n) is 2.63. The maximum Gasteiger partial charge on any atom is 0.194 e. The van der Waals surface area contributed by atoms with Gasteiger partial charge in [-0.15, -0.1) is 24.0 Å². The first-order valence-electron chi connectivity index (χ1n) is 8.17. The van der Waals surface area contributed by atoms with Crippen LogP contribution in [0.1, 0.15) is 13.3 Å². The molecular formula is C17H29IN4S. The maximum absolute atomic E-state index is 4.77. The number of nitrogens with one attached hydrogen (secondary N) is 1. The molecule has 0 saturated carbocycles. The van der Waals surface area contributed by atoms with E-state index in [9.17, 15) is 0 Å². The number of thioether (sulfide) groups is 1. The van der Waals surface area contributed by atoms with Crippen molar-refractivity contribution < 1.29 is 0 Å². The molecule has 1 heterocycles. The summed E-state index contributed by atoms with van der Waals surface area (Å²) in [6, 6.07) is 10.7. The summed E-state index contributed by atoms with van der Waals surface area (Å²) in [6.45, 7) is 8.16. The SMILES string of the molecule is CCNC(=NCCCSC)N1CCN(c2ccccc2)CC1.I. The molecule has 1 fully saturated rings. The van der Waals surface area contributed by atoms with Gasteiger partial charge in [0.15, 0.2) is 5.96 Å². The fourth-order valence-corrected chi connectivity index (χ4v) is 3.05. The molecule has 23 heavy (non-hydrogen) atoms. The van der Waals surface area contributed by atoms with Crippen molar-refractivity contribution in [2.45, 2.75) is 13.3 Å². The highest BCUT2D eigenvalue weighted by atomic mass is 127. The number of anilines is 1. The van der Waals surface area contributed by atoms with E-state index >= 15 is 0 Å². The van der Waals surface area contributed by atoms with Crippen LogP contribution in [-0.2, 0) is 0 Å². The summed E-state index contributed by atoms with van der Waals surface area (Å²) in [6.07, 6.45) is 3.30. The third-order valence-electron chi connectivity index (χ3n) is 3.80. The van der Waals surface area contributed by atoms with Crippen molar-refractivity contribution in [3.05, 3.63) is 30.3 Å². The summed E-state index contributed by atoms with van der Waals surface area (Å²) >= 11 is 1.89. The van der Waals surface area contributed by atoms with E-state index in [1.807, 2.05) is 11.8 Å². The lowest BCUT2D eigenvalue weighted by Crippen LogP contribution is -2.52. The number of benzene rings is 1. The van der Waals surface area contributed by atoms with E-state index in [1.165, 1.54) is 11.4 Å². The van der Waals surface area contributed by atoms with Crippen molar-refractivity contribution in [1.29, 1.82) is 0 Å². The summed E-state index contributed by atoms with van der Waals surface area (Å²) in [5.74, 6) is 2.27. The van der Waals surface area contributed by atoms with Gasteiger partial charge in [0.25, 0.3) is 0 Å². The minimum absolute atomic E-state index is 0. The number of halogens is 1. The van der Waals surface area contributed by atoms with Gasteiger partial charge in [0.05, 0.1) is 0 Å². The molecule has 0 amide bonds. The summed E-state index contributed by atoms with van der Waals surface area (Å²) in [7, 11) is 0. The van der Waals surface area contributed by atoms with E-state index in [0.29, 0.717) is 0 Å². The molecular weight excluding hydrogens is 419 g/mol. The van der Waals surface area contributed by atoms with E-state index in [1.54, 1.807) is 0 Å². The highest BCUT2D eigenvalue weighted by Gasteiger charge is 2.19. The Kier molecular flexibility index (Phi) is 10.5. The third kappa shape index (κ3) is 6.79. The second-order valence-electron chi connectivity index (χ2n) is 5.39. The predicted molar refractivity (Wildman–Crippen MR) is 115 cm³/mol. The van der Waals surface area contributed by atoms with E-state index in [-0.39, 0.29) is 24.0 Å². The molecule has 1 N–H and O–H groups in total. The zero-order valence-electron chi connectivity index (χ0n) is 14.2. The standard InChI is InChI=1S/C17H28N4S.HI/c1-3-18-17(19-10-7-15-22-2)21-13-11-20(12-14-21)16-8-5-4-6-9-16;/h4-6,8-9H,3,7,10-15H2,1-2H3,(H,18,19);1H. The van der Waals surface area contributed by atoms with Gasteiger partial charge in [-0.3, -0.25) is 4.99 Å².